The van der Waals surface area contributed by atoms with Gasteiger partial charge in [0.15, 0.2) is 0 Å². The van der Waals surface area contributed by atoms with E-state index in [0.717, 1.165) is 17.7 Å². The molecule has 6 atom stereocenters. The minimum Gasteiger partial charge on any atom is -0.391 e. The van der Waals surface area contributed by atoms with Gasteiger partial charge < -0.3 is 9.74 Å². The lowest BCUT2D eigenvalue weighted by Gasteiger charge is -2.30. The lowest BCUT2D eigenvalue weighted by atomic mass is 9.71. The van der Waals surface area contributed by atoms with Crippen molar-refractivity contribution in [2.24, 2.45) is 34.7 Å². The number of halogens is 1. The summed E-state index contributed by atoms with van der Waals surface area (Å²) in [6.07, 6.45) is 0.737. The van der Waals surface area contributed by atoms with Crippen molar-refractivity contribution in [2.45, 2.75) is 12.5 Å². The molecule has 2 heterocycles. The molecule has 0 unspecified atom stereocenters. The van der Waals surface area contributed by atoms with Crippen molar-refractivity contribution >= 4 is 29.1 Å². The molecule has 2 saturated carbocycles. The third-order valence-corrected chi connectivity index (χ3v) is 7.03. The largest absolute Gasteiger partial charge is 0.391 e. The Morgan fingerprint density at radius 1 is 1.15 bits per heavy atom. The van der Waals surface area contributed by atoms with E-state index in [-0.39, 0.29) is 47.5 Å². The Balaban J connectivity index is 1.44. The fourth-order valence-corrected chi connectivity index (χ4v) is 5.83. The van der Waals surface area contributed by atoms with Gasteiger partial charge in [0.25, 0.3) is 0 Å². The molecule has 3 fully saturated rings. The van der Waals surface area contributed by atoms with Gasteiger partial charge in [-0.1, -0.05) is 35.0 Å². The Kier molecular flexibility index (Phi) is 3.85. The number of fused-ring (bicyclic) bond motifs is 8. The molecular weight excluding hydrogens is 366 g/mol. The molecule has 4 aliphatic rings. The number of nitrogens with zero attached hydrogens (tertiary/aromatic N) is 3. The van der Waals surface area contributed by atoms with Crippen LogP contribution in [-0.4, -0.2) is 60.6 Å². The summed E-state index contributed by atoms with van der Waals surface area (Å²) in [7, 11) is 3.89. The van der Waals surface area contributed by atoms with Crippen LogP contribution in [-0.2, 0) is 14.4 Å². The summed E-state index contributed by atoms with van der Waals surface area (Å²) in [4.78, 5) is 35.3. The van der Waals surface area contributed by atoms with Crippen LogP contribution in [0.5, 0.6) is 0 Å². The molecule has 2 amide bonds. The van der Waals surface area contributed by atoms with Crippen LogP contribution < -0.4 is 0 Å². The summed E-state index contributed by atoms with van der Waals surface area (Å²) in [6.45, 7) is 1.14. The van der Waals surface area contributed by atoms with Crippen molar-refractivity contribution in [3.8, 4) is 0 Å². The Morgan fingerprint density at radius 3 is 2.56 bits per heavy atom. The summed E-state index contributed by atoms with van der Waals surface area (Å²) in [5, 5.41) is 4.98. The highest BCUT2D eigenvalue weighted by molar-refractivity contribution is 6.34. The molecule has 27 heavy (non-hydrogen) atoms. The van der Waals surface area contributed by atoms with Crippen LogP contribution in [0, 0.1) is 29.6 Å². The van der Waals surface area contributed by atoms with Crippen molar-refractivity contribution in [3.05, 3.63) is 34.9 Å². The molecule has 142 valence electrons. The second kappa shape index (κ2) is 6.04. The van der Waals surface area contributed by atoms with E-state index in [1.807, 2.05) is 43.3 Å². The maximum atomic E-state index is 13.1. The summed E-state index contributed by atoms with van der Waals surface area (Å²) in [6, 6.07) is 7.61. The van der Waals surface area contributed by atoms with Crippen molar-refractivity contribution in [1.82, 2.24) is 9.80 Å². The summed E-state index contributed by atoms with van der Waals surface area (Å²) < 4.78 is 0. The number of amides is 2. The van der Waals surface area contributed by atoms with Crippen molar-refractivity contribution in [2.75, 3.05) is 27.2 Å². The molecular formula is C20H22ClN3O3. The van der Waals surface area contributed by atoms with E-state index >= 15 is 0 Å². The first-order valence-corrected chi connectivity index (χ1v) is 9.85. The van der Waals surface area contributed by atoms with E-state index in [1.165, 1.54) is 4.90 Å². The predicted octanol–water partition coefficient (Wildman–Crippen LogP) is 1.87. The van der Waals surface area contributed by atoms with Crippen molar-refractivity contribution < 1.29 is 14.4 Å². The van der Waals surface area contributed by atoms with E-state index < -0.39 is 0 Å². The smallest absolute Gasteiger partial charge is 0.233 e. The topological polar surface area (TPSA) is 62.2 Å². The number of carbonyl (C=O) groups is 2. The lowest BCUT2D eigenvalue weighted by molar-refractivity contribution is -0.141. The van der Waals surface area contributed by atoms with Crippen LogP contribution >= 0.6 is 11.6 Å². The van der Waals surface area contributed by atoms with Gasteiger partial charge in [-0.2, -0.15) is 0 Å². The van der Waals surface area contributed by atoms with Crippen molar-refractivity contribution in [1.29, 1.82) is 0 Å². The van der Waals surface area contributed by atoms with E-state index in [9.17, 15) is 9.59 Å². The number of benzene rings is 1. The molecule has 5 rings (SSSR count). The number of hydrogen-bond donors (Lipinski definition) is 0. The molecule has 2 aliphatic heterocycles. The van der Waals surface area contributed by atoms with Gasteiger partial charge in [-0.25, -0.2) is 0 Å². The minimum absolute atomic E-state index is 0.0109. The highest BCUT2D eigenvalue weighted by Crippen LogP contribution is 2.61. The Morgan fingerprint density at radius 2 is 1.85 bits per heavy atom. The molecule has 1 aromatic rings. The first-order valence-electron chi connectivity index (χ1n) is 9.47. The number of rotatable bonds is 4. The molecule has 0 N–H and O–H groups in total. The van der Waals surface area contributed by atoms with Gasteiger partial charge in [0, 0.05) is 35.5 Å². The molecule has 1 aromatic carbocycles. The third-order valence-electron chi connectivity index (χ3n) is 6.70. The van der Waals surface area contributed by atoms with Gasteiger partial charge in [0.2, 0.25) is 11.8 Å². The maximum Gasteiger partial charge on any atom is 0.233 e. The molecule has 6 nitrogen and oxygen atoms in total. The third kappa shape index (κ3) is 2.32. The quantitative estimate of drug-likeness (QED) is 0.740. The summed E-state index contributed by atoms with van der Waals surface area (Å²) in [5.41, 5.74) is 1.71. The fraction of sp³-hybridized carbons (Fsp3) is 0.550. The Labute approximate surface area is 163 Å². The van der Waals surface area contributed by atoms with Gasteiger partial charge >= 0.3 is 0 Å². The highest BCUT2D eigenvalue weighted by atomic mass is 35.5. The van der Waals surface area contributed by atoms with Crippen LogP contribution in [0.3, 0.4) is 0 Å². The van der Waals surface area contributed by atoms with Crippen LogP contribution in [0.2, 0.25) is 5.02 Å². The Bertz CT molecular complexity index is 855. The average Bonchev–Trinajstić information content (AvgIpc) is 3.35. The number of hydrogen-bond acceptors (Lipinski definition) is 5. The van der Waals surface area contributed by atoms with Crippen LogP contribution in [0.1, 0.15) is 12.0 Å². The summed E-state index contributed by atoms with van der Waals surface area (Å²) in [5.74, 6) is -0.303. The zero-order chi connectivity index (χ0) is 18.9. The fourth-order valence-electron chi connectivity index (χ4n) is 5.60. The van der Waals surface area contributed by atoms with Gasteiger partial charge in [0.1, 0.15) is 6.10 Å². The molecule has 0 spiro atoms. The monoisotopic (exact) mass is 387 g/mol. The molecule has 0 radical (unpaired) electrons. The molecule has 2 bridgehead atoms. The van der Waals surface area contributed by atoms with Gasteiger partial charge in [-0.05, 0) is 32.5 Å². The van der Waals surface area contributed by atoms with E-state index in [2.05, 4.69) is 5.16 Å². The Hall–Kier alpha value is -1.92. The maximum absolute atomic E-state index is 13.1. The zero-order valence-corrected chi connectivity index (χ0v) is 16.1. The zero-order valence-electron chi connectivity index (χ0n) is 15.3. The number of likely N-dealkylation sites (N-methyl/N-ethyl adjacent to an activating group) is 1. The SMILES string of the molecule is CN(C)CCN1C(=O)[C@@H]2[C@H]3C[C@H]([C@H]4ON=C(c5ccccc5Cl)[C@@H]34)[C@@H]2C1=O. The van der Waals surface area contributed by atoms with E-state index in [4.69, 9.17) is 16.4 Å². The van der Waals surface area contributed by atoms with E-state index in [0.29, 0.717) is 18.1 Å². The number of oxime groups is 1. The van der Waals surface area contributed by atoms with Crippen molar-refractivity contribution in [3.63, 3.8) is 0 Å². The standard InChI is InChI=1S/C20H22ClN3O3/c1-23(2)7-8-24-19(25)14-11-9-12(15(14)20(24)26)18-16(11)17(22-27-18)10-5-3-4-6-13(10)21/h3-6,11-12,14-16,18H,7-9H2,1-2H3/t11-,12+,14-,15+,16-,18-/m1/s1. The predicted molar refractivity (Wildman–Crippen MR) is 100 cm³/mol. The van der Waals surface area contributed by atoms with Gasteiger partial charge in [0.05, 0.1) is 17.5 Å². The molecule has 2 aliphatic carbocycles. The average molecular weight is 388 g/mol. The highest BCUT2D eigenvalue weighted by Gasteiger charge is 2.70. The van der Waals surface area contributed by atoms with Gasteiger partial charge in [-0.15, -0.1) is 0 Å². The molecule has 7 heteroatoms. The second-order valence-electron chi connectivity index (χ2n) is 8.30. The molecule has 0 aromatic heterocycles. The lowest BCUT2D eigenvalue weighted by Crippen LogP contribution is -2.41. The minimum atomic E-state index is -0.244. The number of imide groups is 1. The summed E-state index contributed by atoms with van der Waals surface area (Å²) >= 11 is 6.38. The van der Waals surface area contributed by atoms with E-state index in [1.54, 1.807) is 0 Å². The number of likely N-dealkylation sites (tertiary alicyclic amines) is 1. The first-order chi connectivity index (χ1) is 13.0. The first kappa shape index (κ1) is 17.2. The van der Waals surface area contributed by atoms with Crippen LogP contribution in [0.25, 0.3) is 0 Å². The van der Waals surface area contributed by atoms with Crippen LogP contribution in [0.15, 0.2) is 29.4 Å². The van der Waals surface area contributed by atoms with Crippen LogP contribution in [0.4, 0.5) is 0 Å². The normalized spacial score (nSPS) is 36.3. The van der Waals surface area contributed by atoms with Gasteiger partial charge in [-0.3, -0.25) is 14.5 Å². The molecule has 1 saturated heterocycles. The number of carbonyl (C=O) groups excluding carboxylic acids is 2. The second-order valence-corrected chi connectivity index (χ2v) is 8.71.